The largest absolute Gasteiger partial charge is 1.00 e. The van der Waals surface area contributed by atoms with E-state index in [1.165, 1.54) is 54.6 Å². The maximum atomic E-state index is 11.8. The Hall–Kier alpha value is -2.24. The van der Waals surface area contributed by atoms with E-state index in [9.17, 15) is 31.0 Å². The zero-order chi connectivity index (χ0) is 26.1. The second-order valence-corrected chi connectivity index (χ2v) is 10.1. The van der Waals surface area contributed by atoms with Crippen molar-refractivity contribution in [2.24, 2.45) is 20.5 Å². The first-order valence-corrected chi connectivity index (χ1v) is 12.7. The van der Waals surface area contributed by atoms with E-state index < -0.39 is 36.6 Å². The van der Waals surface area contributed by atoms with Crippen LogP contribution in [-0.4, -0.2) is 31.0 Å². The summed E-state index contributed by atoms with van der Waals surface area (Å²) in [7, 11) is -9.54. The number of benzene rings is 4. The second kappa shape index (κ2) is 12.7. The Bertz CT molecular complexity index is 1750. The monoisotopic (exact) mass is 571 g/mol. The average molecular weight is 572 g/mol. The molecule has 0 amide bonds. The molecule has 4 aromatic carbocycles. The first kappa shape index (κ1) is 32.0. The number of nitrogens with two attached hydrogens (primary N) is 1. The van der Waals surface area contributed by atoms with Crippen molar-refractivity contribution in [2.45, 2.75) is 9.79 Å². The Balaban J connectivity index is 0.00000253. The Morgan fingerprint density at radius 1 is 0.658 bits per heavy atom. The van der Waals surface area contributed by atoms with Gasteiger partial charge in [0.15, 0.2) is 5.75 Å². The molecule has 16 heteroatoms. The molecule has 4 rings (SSSR count). The van der Waals surface area contributed by atoms with E-state index >= 15 is 0 Å². The molecule has 0 atom stereocenters. The first-order chi connectivity index (χ1) is 16.9. The minimum atomic E-state index is -4.99. The SMILES string of the molecule is Nc1ccc2cc(S(=O)(=O)[O-])c(N=Nc3ccc(N=Nc4ccc(S(=O)(=O)[O-])cc4)cc3)c(O)c2c1.[Na+].[Na+]. The van der Waals surface area contributed by atoms with Gasteiger partial charge >= 0.3 is 59.1 Å². The molecule has 0 aromatic heterocycles. The summed E-state index contributed by atoms with van der Waals surface area (Å²) in [6.07, 6.45) is 0. The van der Waals surface area contributed by atoms with Crippen molar-refractivity contribution in [3.63, 3.8) is 0 Å². The molecule has 0 fully saturated rings. The molecule has 0 saturated heterocycles. The molecule has 0 saturated carbocycles. The minimum absolute atomic E-state index is 0. The zero-order valence-electron chi connectivity index (χ0n) is 20.0. The number of rotatable bonds is 6. The van der Waals surface area contributed by atoms with E-state index in [2.05, 4.69) is 20.5 Å². The fourth-order valence-corrected chi connectivity index (χ4v) is 4.25. The normalized spacial score (nSPS) is 11.9. The second-order valence-electron chi connectivity index (χ2n) is 7.37. The van der Waals surface area contributed by atoms with E-state index in [-0.39, 0.29) is 80.5 Å². The van der Waals surface area contributed by atoms with Gasteiger partial charge in [0, 0.05) is 11.1 Å². The van der Waals surface area contributed by atoms with E-state index in [1.807, 2.05) is 0 Å². The van der Waals surface area contributed by atoms with Crippen molar-refractivity contribution < 1.29 is 90.2 Å². The summed E-state index contributed by atoms with van der Waals surface area (Å²) in [6.45, 7) is 0. The fraction of sp³-hybridized carbons (Fsp3) is 0. The van der Waals surface area contributed by atoms with E-state index in [4.69, 9.17) is 5.73 Å². The molecule has 0 aliphatic carbocycles. The average Bonchev–Trinajstić information content (AvgIpc) is 2.82. The number of nitrogen functional groups attached to an aromatic ring is 1. The van der Waals surface area contributed by atoms with Gasteiger partial charge in [0.25, 0.3) is 0 Å². The van der Waals surface area contributed by atoms with Crippen molar-refractivity contribution in [3.8, 4) is 5.75 Å². The maximum Gasteiger partial charge on any atom is 1.00 e. The Morgan fingerprint density at radius 3 is 1.61 bits per heavy atom. The number of fused-ring (bicyclic) bond motifs is 1. The number of azo groups is 2. The van der Waals surface area contributed by atoms with Crippen LogP contribution in [0, 0.1) is 0 Å². The van der Waals surface area contributed by atoms with Crippen LogP contribution >= 0.6 is 0 Å². The van der Waals surface area contributed by atoms with Gasteiger partial charge < -0.3 is 19.9 Å². The van der Waals surface area contributed by atoms with Gasteiger partial charge in [0.1, 0.15) is 25.9 Å². The molecular formula is C22H15N5Na2O7S2. The van der Waals surface area contributed by atoms with Crippen LogP contribution in [0.25, 0.3) is 10.8 Å². The Kier molecular flexibility index (Phi) is 10.7. The van der Waals surface area contributed by atoms with Gasteiger partial charge in [-0.3, -0.25) is 0 Å². The van der Waals surface area contributed by atoms with Gasteiger partial charge in [-0.1, -0.05) is 6.07 Å². The Morgan fingerprint density at radius 2 is 1.13 bits per heavy atom. The molecule has 12 nitrogen and oxygen atoms in total. The summed E-state index contributed by atoms with van der Waals surface area (Å²) < 4.78 is 68.2. The van der Waals surface area contributed by atoms with Crippen molar-refractivity contribution in [1.29, 1.82) is 0 Å². The van der Waals surface area contributed by atoms with Crippen molar-refractivity contribution in [1.82, 2.24) is 0 Å². The summed E-state index contributed by atoms with van der Waals surface area (Å²) >= 11 is 0. The van der Waals surface area contributed by atoms with E-state index in [0.717, 1.165) is 18.2 Å². The molecule has 0 unspecified atom stereocenters. The van der Waals surface area contributed by atoms with Crippen molar-refractivity contribution >= 4 is 59.4 Å². The number of hydrogen-bond acceptors (Lipinski definition) is 12. The molecule has 0 heterocycles. The van der Waals surface area contributed by atoms with Crippen LogP contribution < -0.4 is 64.8 Å². The maximum absolute atomic E-state index is 11.8. The van der Waals surface area contributed by atoms with Crippen LogP contribution in [0.4, 0.5) is 28.4 Å². The molecule has 38 heavy (non-hydrogen) atoms. The molecule has 0 aliphatic heterocycles. The standard InChI is InChI=1S/C22H17N5O7S2.2Na/c23-14-2-1-13-11-20(36(32,33)34)21(22(28)19(13)12-14)27-26-16-5-3-15(4-6-16)24-25-17-7-9-18(10-8-17)35(29,30)31;;/h1-12,28H,23H2,(H,29,30,31)(H,32,33,34);;/q;2*+1/p-2. The predicted octanol–water partition coefficient (Wildman–Crippen LogP) is -1.23. The summed E-state index contributed by atoms with van der Waals surface area (Å²) in [4.78, 5) is -1.12. The van der Waals surface area contributed by atoms with Gasteiger partial charge in [0.05, 0.1) is 26.9 Å². The van der Waals surface area contributed by atoms with Crippen LogP contribution in [0.2, 0.25) is 0 Å². The van der Waals surface area contributed by atoms with Crippen LogP contribution in [0.5, 0.6) is 5.75 Å². The number of aromatic hydroxyl groups is 1. The number of hydrogen-bond donors (Lipinski definition) is 2. The third kappa shape index (κ3) is 7.66. The van der Waals surface area contributed by atoms with Gasteiger partial charge in [-0.25, -0.2) is 16.8 Å². The molecule has 0 radical (unpaired) electrons. The van der Waals surface area contributed by atoms with Crippen LogP contribution in [-0.2, 0) is 20.2 Å². The van der Waals surface area contributed by atoms with E-state index in [1.54, 1.807) is 0 Å². The molecule has 0 aliphatic rings. The van der Waals surface area contributed by atoms with Gasteiger partial charge in [-0.2, -0.15) is 15.3 Å². The van der Waals surface area contributed by atoms with Crippen LogP contribution in [0.15, 0.2) is 103 Å². The van der Waals surface area contributed by atoms with Crippen molar-refractivity contribution in [3.05, 3.63) is 72.8 Å². The topological polar surface area (TPSA) is 210 Å². The van der Waals surface area contributed by atoms with Crippen molar-refractivity contribution in [2.75, 3.05) is 5.73 Å². The molecule has 3 N–H and O–H groups in total. The molecule has 0 spiro atoms. The Labute approximate surface area is 261 Å². The summed E-state index contributed by atoms with van der Waals surface area (Å²) in [5.41, 5.74) is 6.48. The van der Waals surface area contributed by atoms with Crippen LogP contribution in [0.3, 0.4) is 0 Å². The number of phenolic OH excluding ortho intramolecular Hbond substituents is 1. The summed E-state index contributed by atoms with van der Waals surface area (Å²) in [6, 6.07) is 16.3. The number of anilines is 1. The molecule has 0 bridgehead atoms. The van der Waals surface area contributed by atoms with Gasteiger partial charge in [-0.15, -0.1) is 5.11 Å². The fourth-order valence-electron chi connectivity index (χ4n) is 3.13. The molecular weight excluding hydrogens is 556 g/mol. The minimum Gasteiger partial charge on any atom is -0.744 e. The number of nitrogens with zero attached hydrogens (tertiary/aromatic N) is 4. The molecule has 4 aromatic rings. The summed E-state index contributed by atoms with van der Waals surface area (Å²) in [5.74, 6) is -0.556. The van der Waals surface area contributed by atoms with Crippen LogP contribution in [0.1, 0.15) is 0 Å². The quantitative estimate of drug-likeness (QED) is 0.124. The number of phenols is 1. The third-order valence-electron chi connectivity index (χ3n) is 4.87. The van der Waals surface area contributed by atoms with E-state index in [0.29, 0.717) is 17.1 Å². The smallest absolute Gasteiger partial charge is 0.744 e. The third-order valence-corrected chi connectivity index (χ3v) is 6.57. The van der Waals surface area contributed by atoms with Gasteiger partial charge in [-0.05, 0) is 72.1 Å². The van der Waals surface area contributed by atoms with Gasteiger partial charge in [0.2, 0.25) is 0 Å². The summed E-state index contributed by atoms with van der Waals surface area (Å²) in [5, 5.41) is 26.7. The predicted molar refractivity (Wildman–Crippen MR) is 127 cm³/mol. The zero-order valence-corrected chi connectivity index (χ0v) is 25.6. The molecule has 184 valence electrons. The first-order valence-electron chi connectivity index (χ1n) is 9.92.